The maximum absolute atomic E-state index is 12.4. The highest BCUT2D eigenvalue weighted by atomic mass is 16.5. The van der Waals surface area contributed by atoms with Gasteiger partial charge in [-0.2, -0.15) is 0 Å². The minimum atomic E-state index is -0.272. The zero-order chi connectivity index (χ0) is 19.0. The molecule has 5 rings (SSSR count). The Morgan fingerprint density at radius 1 is 1.04 bits per heavy atom. The number of hydrogen-bond acceptors (Lipinski definition) is 3. The van der Waals surface area contributed by atoms with Crippen LogP contribution in [-0.2, 0) is 14.3 Å². The minimum Gasteiger partial charge on any atom is -0.456 e. The van der Waals surface area contributed by atoms with E-state index in [1.54, 1.807) is 0 Å². The van der Waals surface area contributed by atoms with Crippen LogP contribution < -0.4 is 5.32 Å². The summed E-state index contributed by atoms with van der Waals surface area (Å²) >= 11 is 0. The van der Waals surface area contributed by atoms with E-state index in [1.807, 2.05) is 24.3 Å². The lowest BCUT2D eigenvalue weighted by molar-refractivity contribution is -0.154. The second kappa shape index (κ2) is 7.29. The molecule has 1 aromatic carbocycles. The Morgan fingerprint density at radius 3 is 2.11 bits per heavy atom. The van der Waals surface area contributed by atoms with Crippen LogP contribution in [0.25, 0.3) is 0 Å². The van der Waals surface area contributed by atoms with Gasteiger partial charge in [0.05, 0.1) is 6.42 Å². The molecule has 1 amide bonds. The lowest BCUT2D eigenvalue weighted by atomic mass is 9.49. The number of hydrogen-bond donors (Lipinski definition) is 1. The van der Waals surface area contributed by atoms with Crippen molar-refractivity contribution >= 4 is 17.6 Å². The highest BCUT2D eigenvalue weighted by molar-refractivity contribution is 5.92. The van der Waals surface area contributed by atoms with Crippen LogP contribution in [-0.4, -0.2) is 18.5 Å². The molecule has 1 aromatic rings. The van der Waals surface area contributed by atoms with Gasteiger partial charge in [-0.05, 0) is 85.3 Å². The third-order valence-electron chi connectivity index (χ3n) is 6.91. The van der Waals surface area contributed by atoms with Crippen molar-refractivity contribution in [1.29, 1.82) is 0 Å². The van der Waals surface area contributed by atoms with Crippen LogP contribution in [0.5, 0.6) is 0 Å². The van der Waals surface area contributed by atoms with Gasteiger partial charge in [0.2, 0.25) is 0 Å². The minimum absolute atomic E-state index is 0.162. The maximum atomic E-state index is 12.4. The summed E-state index contributed by atoms with van der Waals surface area (Å²) in [6.45, 7) is 4.07. The first-order chi connectivity index (χ1) is 12.9. The zero-order valence-electron chi connectivity index (χ0n) is 16.5. The van der Waals surface area contributed by atoms with Gasteiger partial charge in [0.1, 0.15) is 0 Å². The van der Waals surface area contributed by atoms with Crippen LogP contribution in [0, 0.1) is 23.2 Å². The standard InChI is InChI=1S/C23H31NO3/c1-15(2)19-3-5-20(6-4-19)24-21(25)14-27-22(26)13-23-10-16-7-17(11-23)9-18(8-16)12-23/h3-6,15-18H,7-14H2,1-2H3,(H,24,25). The molecule has 1 N–H and O–H groups in total. The van der Waals surface area contributed by atoms with Crippen molar-refractivity contribution in [1.82, 2.24) is 0 Å². The van der Waals surface area contributed by atoms with Gasteiger partial charge in [-0.1, -0.05) is 26.0 Å². The molecule has 4 fully saturated rings. The summed E-state index contributed by atoms with van der Waals surface area (Å²) in [6, 6.07) is 7.81. The predicted octanol–water partition coefficient (Wildman–Crippen LogP) is 4.90. The van der Waals surface area contributed by atoms with E-state index >= 15 is 0 Å². The summed E-state index contributed by atoms with van der Waals surface area (Å²) in [5.41, 5.74) is 2.13. The van der Waals surface area contributed by atoms with E-state index in [4.69, 9.17) is 4.74 Å². The summed E-state index contributed by atoms with van der Waals surface area (Å²) in [7, 11) is 0. The highest BCUT2D eigenvalue weighted by Crippen LogP contribution is 2.61. The van der Waals surface area contributed by atoms with E-state index in [-0.39, 0.29) is 23.9 Å². The van der Waals surface area contributed by atoms with Gasteiger partial charge >= 0.3 is 5.97 Å². The molecule has 4 saturated carbocycles. The molecule has 0 aromatic heterocycles. The van der Waals surface area contributed by atoms with Crippen molar-refractivity contribution in [2.45, 2.75) is 64.7 Å². The van der Waals surface area contributed by atoms with Crippen molar-refractivity contribution in [3.8, 4) is 0 Å². The summed E-state index contributed by atoms with van der Waals surface area (Å²) in [6.07, 6.45) is 8.14. The number of carbonyl (C=O) groups is 2. The van der Waals surface area contributed by atoms with Crippen LogP contribution in [0.2, 0.25) is 0 Å². The fraction of sp³-hybridized carbons (Fsp3) is 0.652. The topological polar surface area (TPSA) is 55.4 Å². The Morgan fingerprint density at radius 2 is 1.59 bits per heavy atom. The smallest absolute Gasteiger partial charge is 0.306 e. The molecule has 4 bridgehead atoms. The molecule has 146 valence electrons. The third-order valence-corrected chi connectivity index (χ3v) is 6.91. The molecule has 4 heteroatoms. The van der Waals surface area contributed by atoms with Crippen LogP contribution in [0.4, 0.5) is 5.69 Å². The maximum Gasteiger partial charge on any atom is 0.306 e. The number of rotatable bonds is 6. The molecule has 27 heavy (non-hydrogen) atoms. The summed E-state index contributed by atoms with van der Waals surface area (Å²) in [5.74, 6) is 2.44. The number of amides is 1. The number of ether oxygens (including phenoxy) is 1. The molecular weight excluding hydrogens is 338 g/mol. The van der Waals surface area contributed by atoms with E-state index in [1.165, 1.54) is 44.1 Å². The molecule has 4 aliphatic carbocycles. The molecular formula is C23H31NO3. The van der Waals surface area contributed by atoms with Crippen molar-refractivity contribution in [3.63, 3.8) is 0 Å². The fourth-order valence-corrected chi connectivity index (χ4v) is 6.16. The van der Waals surface area contributed by atoms with Gasteiger partial charge in [-0.15, -0.1) is 0 Å². The molecule has 4 nitrogen and oxygen atoms in total. The Labute approximate surface area is 162 Å². The SMILES string of the molecule is CC(C)c1ccc(NC(=O)COC(=O)CC23CC4CC(CC(C4)C2)C3)cc1. The number of carbonyl (C=O) groups excluding carboxylic acids is 2. The van der Waals surface area contributed by atoms with E-state index < -0.39 is 0 Å². The first kappa shape index (κ1) is 18.5. The van der Waals surface area contributed by atoms with Crippen molar-refractivity contribution < 1.29 is 14.3 Å². The zero-order valence-corrected chi connectivity index (χ0v) is 16.5. The summed E-state index contributed by atoms with van der Waals surface area (Å²) < 4.78 is 5.33. The van der Waals surface area contributed by atoms with Crippen molar-refractivity contribution in [2.24, 2.45) is 23.2 Å². The van der Waals surface area contributed by atoms with Crippen LogP contribution in [0.15, 0.2) is 24.3 Å². The Bertz CT molecular complexity index is 672. The van der Waals surface area contributed by atoms with Crippen molar-refractivity contribution in [2.75, 3.05) is 11.9 Å². The normalized spacial score (nSPS) is 31.1. The number of nitrogens with one attached hydrogen (secondary N) is 1. The van der Waals surface area contributed by atoms with E-state index in [0.29, 0.717) is 12.3 Å². The van der Waals surface area contributed by atoms with Crippen molar-refractivity contribution in [3.05, 3.63) is 29.8 Å². The average Bonchev–Trinajstić information content (AvgIpc) is 2.59. The average molecular weight is 370 g/mol. The molecule has 4 aliphatic rings. The lowest BCUT2D eigenvalue weighted by Crippen LogP contribution is -2.47. The molecule has 0 atom stereocenters. The second-order valence-electron chi connectivity index (χ2n) is 9.58. The summed E-state index contributed by atoms with van der Waals surface area (Å²) in [5, 5.41) is 2.81. The molecule has 0 heterocycles. The van der Waals surface area contributed by atoms with Gasteiger partial charge < -0.3 is 10.1 Å². The Hall–Kier alpha value is -1.84. The Balaban J connectivity index is 1.25. The largest absolute Gasteiger partial charge is 0.456 e. The first-order valence-electron chi connectivity index (χ1n) is 10.5. The lowest BCUT2D eigenvalue weighted by Gasteiger charge is -2.56. The predicted molar refractivity (Wildman–Crippen MR) is 105 cm³/mol. The molecule has 0 unspecified atom stereocenters. The van der Waals surface area contributed by atoms with Gasteiger partial charge in [0, 0.05) is 5.69 Å². The van der Waals surface area contributed by atoms with E-state index in [2.05, 4.69) is 19.2 Å². The van der Waals surface area contributed by atoms with E-state index in [9.17, 15) is 9.59 Å². The number of benzene rings is 1. The molecule has 0 radical (unpaired) electrons. The molecule has 0 spiro atoms. The van der Waals surface area contributed by atoms with Crippen LogP contribution in [0.1, 0.15) is 70.3 Å². The van der Waals surface area contributed by atoms with Gasteiger partial charge in [-0.25, -0.2) is 0 Å². The third kappa shape index (κ3) is 4.20. The quantitative estimate of drug-likeness (QED) is 0.726. The first-order valence-corrected chi connectivity index (χ1v) is 10.5. The Kier molecular flexibility index (Phi) is 5.00. The highest BCUT2D eigenvalue weighted by Gasteiger charge is 2.51. The van der Waals surface area contributed by atoms with E-state index in [0.717, 1.165) is 23.4 Å². The van der Waals surface area contributed by atoms with Crippen LogP contribution in [0.3, 0.4) is 0 Å². The molecule has 0 saturated heterocycles. The number of esters is 1. The van der Waals surface area contributed by atoms with Gasteiger partial charge in [0.15, 0.2) is 6.61 Å². The number of anilines is 1. The summed E-state index contributed by atoms with van der Waals surface area (Å²) in [4.78, 5) is 24.5. The second-order valence-corrected chi connectivity index (χ2v) is 9.58. The molecule has 0 aliphatic heterocycles. The van der Waals surface area contributed by atoms with Gasteiger partial charge in [0.25, 0.3) is 5.91 Å². The van der Waals surface area contributed by atoms with Gasteiger partial charge in [-0.3, -0.25) is 9.59 Å². The van der Waals surface area contributed by atoms with Crippen LogP contribution >= 0.6 is 0 Å². The fourth-order valence-electron chi connectivity index (χ4n) is 6.16. The monoisotopic (exact) mass is 369 g/mol.